The number of amides is 2. The van der Waals surface area contributed by atoms with Gasteiger partial charge in [-0.3, -0.25) is 9.59 Å². The predicted molar refractivity (Wildman–Crippen MR) is 121 cm³/mol. The van der Waals surface area contributed by atoms with Crippen LogP contribution in [0.1, 0.15) is 37.6 Å². The van der Waals surface area contributed by atoms with Gasteiger partial charge in [-0.05, 0) is 29.8 Å². The number of halogens is 1. The van der Waals surface area contributed by atoms with E-state index in [4.69, 9.17) is 16.3 Å². The van der Waals surface area contributed by atoms with Gasteiger partial charge in [-0.2, -0.15) is 5.10 Å². The Labute approximate surface area is 188 Å². The van der Waals surface area contributed by atoms with Gasteiger partial charge in [-0.15, -0.1) is 0 Å². The zero-order valence-electron chi connectivity index (χ0n) is 18.4. The van der Waals surface area contributed by atoms with Gasteiger partial charge in [0.1, 0.15) is 6.54 Å². The van der Waals surface area contributed by atoms with E-state index < -0.39 is 0 Å². The summed E-state index contributed by atoms with van der Waals surface area (Å²) < 4.78 is 7.11. The summed E-state index contributed by atoms with van der Waals surface area (Å²) in [6.45, 7) is 4.32. The average Bonchev–Trinajstić information content (AvgIpc) is 3.37. The first-order chi connectivity index (χ1) is 14.8. The molecule has 0 N–H and O–H groups in total. The largest absolute Gasteiger partial charge is 0.383 e. The molecule has 1 aliphatic heterocycles. The lowest BCUT2D eigenvalue weighted by Crippen LogP contribution is -2.44. The maximum Gasteiger partial charge on any atom is 0.262 e. The number of ether oxygens (including phenoxy) is 1. The van der Waals surface area contributed by atoms with Gasteiger partial charge in [-0.25, -0.2) is 5.01 Å². The Hall–Kier alpha value is -2.64. The number of nitrogens with zero attached hydrogens (tertiary/aromatic N) is 4. The van der Waals surface area contributed by atoms with Crippen molar-refractivity contribution in [2.24, 2.45) is 18.1 Å². The van der Waals surface area contributed by atoms with Crippen molar-refractivity contribution in [2.45, 2.75) is 26.3 Å². The van der Waals surface area contributed by atoms with Crippen LogP contribution < -0.4 is 0 Å². The Kier molecular flexibility index (Phi) is 7.51. The highest BCUT2D eigenvalue weighted by Gasteiger charge is 2.35. The fraction of sp³-hybridized carbons (Fsp3) is 0.435. The number of benzene rings is 1. The van der Waals surface area contributed by atoms with Gasteiger partial charge in [0.25, 0.3) is 5.91 Å². The van der Waals surface area contributed by atoms with Gasteiger partial charge in [-0.1, -0.05) is 37.6 Å². The first-order valence-corrected chi connectivity index (χ1v) is 10.7. The van der Waals surface area contributed by atoms with E-state index in [2.05, 4.69) is 5.10 Å². The normalized spacial score (nSPS) is 16.0. The van der Waals surface area contributed by atoms with Gasteiger partial charge < -0.3 is 14.2 Å². The van der Waals surface area contributed by atoms with Gasteiger partial charge in [0, 0.05) is 44.3 Å². The summed E-state index contributed by atoms with van der Waals surface area (Å²) in [5, 5.41) is 6.83. The van der Waals surface area contributed by atoms with Crippen molar-refractivity contribution in [2.75, 3.05) is 26.8 Å². The SMILES string of the molecule is COCCN(CC(=O)N1N=C(c2cccn2C)C[C@@H]1c1ccc(Cl)cc1)C(=O)C(C)C. The van der Waals surface area contributed by atoms with E-state index in [0.29, 0.717) is 24.6 Å². The van der Waals surface area contributed by atoms with Crippen LogP contribution in [0.25, 0.3) is 0 Å². The monoisotopic (exact) mass is 444 g/mol. The molecule has 166 valence electrons. The zero-order chi connectivity index (χ0) is 22.5. The molecule has 0 spiro atoms. The molecule has 0 aliphatic carbocycles. The highest BCUT2D eigenvalue weighted by Crippen LogP contribution is 2.33. The number of aryl methyl sites for hydroxylation is 1. The van der Waals surface area contributed by atoms with Gasteiger partial charge >= 0.3 is 0 Å². The molecule has 0 bridgehead atoms. The van der Waals surface area contributed by atoms with Crippen molar-refractivity contribution in [1.82, 2.24) is 14.5 Å². The molecule has 1 aromatic carbocycles. The van der Waals surface area contributed by atoms with E-state index >= 15 is 0 Å². The number of methoxy groups -OCH3 is 1. The summed E-state index contributed by atoms with van der Waals surface area (Å²) in [4.78, 5) is 27.5. The van der Waals surface area contributed by atoms with Crippen molar-refractivity contribution in [3.05, 3.63) is 58.9 Å². The summed E-state index contributed by atoms with van der Waals surface area (Å²) in [7, 11) is 3.53. The second kappa shape index (κ2) is 10.1. The minimum atomic E-state index is -0.256. The molecule has 7 nitrogen and oxygen atoms in total. The molecule has 0 unspecified atom stereocenters. The van der Waals surface area contributed by atoms with E-state index in [9.17, 15) is 9.59 Å². The molecule has 2 amide bonds. The molecule has 0 saturated heterocycles. The van der Waals surface area contributed by atoms with Crippen molar-refractivity contribution in [3.63, 3.8) is 0 Å². The van der Waals surface area contributed by atoms with Crippen molar-refractivity contribution >= 4 is 29.1 Å². The van der Waals surface area contributed by atoms with E-state index in [1.165, 1.54) is 5.01 Å². The lowest BCUT2D eigenvalue weighted by Gasteiger charge is -2.28. The molecule has 0 radical (unpaired) electrons. The third-order valence-corrected chi connectivity index (χ3v) is 5.61. The quantitative estimate of drug-likeness (QED) is 0.626. The Morgan fingerprint density at radius 1 is 1.26 bits per heavy atom. The van der Waals surface area contributed by atoms with E-state index in [1.807, 2.05) is 68.1 Å². The summed E-state index contributed by atoms with van der Waals surface area (Å²) in [6, 6.07) is 11.1. The molecule has 3 rings (SSSR count). The van der Waals surface area contributed by atoms with Crippen LogP contribution in [-0.2, 0) is 21.4 Å². The number of aromatic nitrogens is 1. The Bertz CT molecular complexity index is 952. The van der Waals surface area contributed by atoms with Gasteiger partial charge in [0.05, 0.1) is 24.1 Å². The predicted octanol–water partition coefficient (Wildman–Crippen LogP) is 3.49. The van der Waals surface area contributed by atoms with E-state index in [1.54, 1.807) is 12.0 Å². The van der Waals surface area contributed by atoms with Crippen molar-refractivity contribution in [1.29, 1.82) is 0 Å². The molecule has 31 heavy (non-hydrogen) atoms. The zero-order valence-corrected chi connectivity index (χ0v) is 19.2. The molecule has 2 heterocycles. The van der Waals surface area contributed by atoms with Gasteiger partial charge in [0.15, 0.2) is 0 Å². The molecule has 1 atom stereocenters. The summed E-state index contributed by atoms with van der Waals surface area (Å²) >= 11 is 6.06. The number of hydrogen-bond donors (Lipinski definition) is 0. The number of hydrogen-bond acceptors (Lipinski definition) is 4. The minimum absolute atomic E-state index is 0.0472. The molecular formula is C23H29ClN4O3. The van der Waals surface area contributed by atoms with Crippen LogP contribution >= 0.6 is 11.6 Å². The first-order valence-electron chi connectivity index (χ1n) is 10.4. The topological polar surface area (TPSA) is 67.1 Å². The molecule has 8 heteroatoms. The highest BCUT2D eigenvalue weighted by atomic mass is 35.5. The number of rotatable bonds is 8. The van der Waals surface area contributed by atoms with Crippen LogP contribution in [0.5, 0.6) is 0 Å². The Balaban J connectivity index is 1.89. The van der Waals surface area contributed by atoms with Crippen LogP contribution in [0, 0.1) is 5.92 Å². The minimum Gasteiger partial charge on any atom is -0.383 e. The summed E-state index contributed by atoms with van der Waals surface area (Å²) in [5.74, 6) is -0.522. The van der Waals surface area contributed by atoms with Crippen LogP contribution in [0.15, 0.2) is 47.7 Å². The maximum absolute atomic E-state index is 13.3. The molecule has 1 aliphatic rings. The van der Waals surface area contributed by atoms with E-state index in [-0.39, 0.29) is 30.3 Å². The Morgan fingerprint density at radius 2 is 1.97 bits per heavy atom. The Morgan fingerprint density at radius 3 is 2.55 bits per heavy atom. The van der Waals surface area contributed by atoms with Crippen LogP contribution in [-0.4, -0.2) is 58.8 Å². The molecule has 2 aromatic rings. The second-order valence-electron chi connectivity index (χ2n) is 7.97. The van der Waals surface area contributed by atoms with Crippen LogP contribution in [0.3, 0.4) is 0 Å². The molecular weight excluding hydrogens is 416 g/mol. The van der Waals surface area contributed by atoms with Crippen LogP contribution in [0.4, 0.5) is 0 Å². The van der Waals surface area contributed by atoms with Crippen LogP contribution in [0.2, 0.25) is 5.02 Å². The fourth-order valence-electron chi connectivity index (χ4n) is 3.67. The molecule has 0 fully saturated rings. The van der Waals surface area contributed by atoms with Gasteiger partial charge in [0.2, 0.25) is 5.91 Å². The molecule has 0 saturated carbocycles. The smallest absolute Gasteiger partial charge is 0.262 e. The second-order valence-corrected chi connectivity index (χ2v) is 8.40. The lowest BCUT2D eigenvalue weighted by atomic mass is 10.0. The van der Waals surface area contributed by atoms with Crippen molar-refractivity contribution < 1.29 is 14.3 Å². The number of carbonyl (C=O) groups excluding carboxylic acids is 2. The standard InChI is InChI=1S/C23H29ClN4O3/c1-16(2)23(30)27(12-13-31-4)15-22(29)28-21(17-7-9-18(24)10-8-17)14-19(25-28)20-6-5-11-26(20)3/h5-11,16,21H,12-15H2,1-4H3/t21-/m1/s1. The maximum atomic E-state index is 13.3. The molecule has 1 aromatic heterocycles. The third kappa shape index (κ3) is 5.35. The first kappa shape index (κ1) is 23.0. The lowest BCUT2D eigenvalue weighted by molar-refractivity contribution is -0.143. The number of carbonyl (C=O) groups is 2. The van der Waals surface area contributed by atoms with E-state index in [0.717, 1.165) is 17.0 Å². The average molecular weight is 445 g/mol. The fourth-order valence-corrected chi connectivity index (χ4v) is 3.80. The van der Waals surface area contributed by atoms with Crippen molar-refractivity contribution in [3.8, 4) is 0 Å². The summed E-state index contributed by atoms with van der Waals surface area (Å²) in [6.07, 6.45) is 2.54. The highest BCUT2D eigenvalue weighted by molar-refractivity contribution is 6.30. The third-order valence-electron chi connectivity index (χ3n) is 5.36. The number of hydrazone groups is 1. The summed E-state index contributed by atoms with van der Waals surface area (Å²) in [5.41, 5.74) is 2.74.